The summed E-state index contributed by atoms with van der Waals surface area (Å²) in [4.78, 5) is 11.2. The lowest BCUT2D eigenvalue weighted by Crippen LogP contribution is -2.12. The van der Waals surface area contributed by atoms with E-state index in [1.54, 1.807) is 0 Å². The van der Waals surface area contributed by atoms with Crippen molar-refractivity contribution in [3.05, 3.63) is 75.9 Å². The fourth-order valence-electron chi connectivity index (χ4n) is 2.85. The summed E-state index contributed by atoms with van der Waals surface area (Å²) in [6.07, 6.45) is -8.22. The summed E-state index contributed by atoms with van der Waals surface area (Å²) in [5, 5.41) is 22.5. The van der Waals surface area contributed by atoms with Crippen molar-refractivity contribution in [1.82, 2.24) is 9.78 Å². The molecule has 0 aliphatic heterocycles. The number of aromatic nitrogens is 2. The van der Waals surface area contributed by atoms with Gasteiger partial charge in [-0.05, 0) is 36.4 Å². The molecule has 0 amide bonds. The molecule has 1 N–H and O–H groups in total. The van der Waals surface area contributed by atoms with Gasteiger partial charge in [0, 0.05) is 22.3 Å². The Morgan fingerprint density at radius 3 is 2.15 bits per heavy atom. The van der Waals surface area contributed by atoms with Crippen molar-refractivity contribution < 1.29 is 36.2 Å². The number of nitrogens with zero attached hydrogens (tertiary/aromatic N) is 3. The molecule has 0 saturated heterocycles. The van der Waals surface area contributed by atoms with E-state index in [2.05, 4.69) is 5.10 Å². The van der Waals surface area contributed by atoms with Gasteiger partial charge in [-0.3, -0.25) is 0 Å². The van der Waals surface area contributed by atoms with E-state index in [9.17, 15) is 31.1 Å². The monoisotopic (exact) mass is 485 g/mol. The van der Waals surface area contributed by atoms with Crippen LogP contribution in [0.1, 0.15) is 16.7 Å². The average molecular weight is 486 g/mol. The van der Waals surface area contributed by atoms with Crippen molar-refractivity contribution in [2.75, 3.05) is 0 Å². The second kappa shape index (κ2) is 8.63. The molecule has 3 rings (SSSR count). The lowest BCUT2D eigenvalue weighted by molar-refractivity contribution is -0.143. The Kier molecular flexibility index (Phi) is 6.24. The first-order valence-electron chi connectivity index (χ1n) is 8.80. The standard InChI is InChI=1S/C21H10ClF6N3O2/c22-16-3-1-2-11(5-16)18-13(4-12(9-29)19(32)33)10-31(30-18)17-7-14(20(23,24)25)6-15(8-17)21(26,27)28/h1-8,10H,(H,32,33). The summed E-state index contributed by atoms with van der Waals surface area (Å²) in [7, 11) is 0. The van der Waals surface area contributed by atoms with Crippen molar-refractivity contribution in [2.45, 2.75) is 12.4 Å². The van der Waals surface area contributed by atoms with Crippen molar-refractivity contribution in [2.24, 2.45) is 0 Å². The van der Waals surface area contributed by atoms with Crippen LogP contribution in [-0.4, -0.2) is 20.9 Å². The fraction of sp³-hybridized carbons (Fsp3) is 0.0952. The van der Waals surface area contributed by atoms with E-state index in [4.69, 9.17) is 22.0 Å². The molecule has 170 valence electrons. The van der Waals surface area contributed by atoms with Gasteiger partial charge < -0.3 is 5.11 Å². The summed E-state index contributed by atoms with van der Waals surface area (Å²) in [5.74, 6) is -1.58. The van der Waals surface area contributed by atoms with E-state index >= 15 is 0 Å². The fourth-order valence-corrected chi connectivity index (χ4v) is 3.04. The summed E-state index contributed by atoms with van der Waals surface area (Å²) >= 11 is 5.95. The quantitative estimate of drug-likeness (QED) is 0.270. The van der Waals surface area contributed by atoms with Crippen LogP contribution >= 0.6 is 11.6 Å². The Hall–Kier alpha value is -3.78. The minimum atomic E-state index is -5.07. The van der Waals surface area contributed by atoms with Crippen LogP contribution in [0.15, 0.2) is 54.2 Å². The molecule has 0 bridgehead atoms. The van der Waals surface area contributed by atoms with Crippen LogP contribution in [0.4, 0.5) is 26.3 Å². The highest BCUT2D eigenvalue weighted by Crippen LogP contribution is 2.37. The first-order chi connectivity index (χ1) is 15.3. The van der Waals surface area contributed by atoms with Gasteiger partial charge in [-0.1, -0.05) is 23.7 Å². The zero-order valence-electron chi connectivity index (χ0n) is 16.0. The molecule has 0 fully saturated rings. The normalized spacial score (nSPS) is 12.5. The molecule has 3 aromatic rings. The van der Waals surface area contributed by atoms with E-state index in [-0.39, 0.29) is 27.9 Å². The number of carboxylic acid groups (broad SMARTS) is 1. The molecule has 0 aliphatic carbocycles. The van der Waals surface area contributed by atoms with Gasteiger partial charge in [0.1, 0.15) is 17.3 Å². The Bertz CT molecular complexity index is 1270. The number of halogens is 7. The second-order valence-corrected chi connectivity index (χ2v) is 7.06. The number of alkyl halides is 6. The Balaban J connectivity index is 2.30. The third-order valence-corrected chi connectivity index (χ3v) is 4.56. The zero-order valence-corrected chi connectivity index (χ0v) is 16.8. The number of rotatable bonds is 4. The van der Waals surface area contributed by atoms with Crippen molar-refractivity contribution in [1.29, 1.82) is 5.26 Å². The van der Waals surface area contributed by atoms with Crippen molar-refractivity contribution in [3.8, 4) is 23.0 Å². The lowest BCUT2D eigenvalue weighted by Gasteiger charge is -2.14. The number of benzene rings is 2. The number of hydrogen-bond acceptors (Lipinski definition) is 3. The first kappa shape index (κ1) is 23.9. The van der Waals surface area contributed by atoms with Crippen LogP contribution in [-0.2, 0) is 17.1 Å². The van der Waals surface area contributed by atoms with E-state index in [1.165, 1.54) is 30.3 Å². The summed E-state index contributed by atoms with van der Waals surface area (Å²) in [5.41, 5.74) is -4.16. The number of carboxylic acids is 1. The summed E-state index contributed by atoms with van der Waals surface area (Å²) < 4.78 is 80.1. The topological polar surface area (TPSA) is 78.9 Å². The molecular formula is C21H10ClF6N3O2. The molecule has 12 heteroatoms. The van der Waals surface area contributed by atoms with Crippen LogP contribution in [0, 0.1) is 11.3 Å². The molecule has 0 spiro atoms. The molecular weight excluding hydrogens is 476 g/mol. The Morgan fingerprint density at radius 1 is 1.06 bits per heavy atom. The maximum Gasteiger partial charge on any atom is 0.416 e. The first-order valence-corrected chi connectivity index (χ1v) is 9.18. The molecule has 0 atom stereocenters. The SMILES string of the molecule is N#CC(=Cc1cn(-c2cc(C(F)(F)F)cc(C(F)(F)F)c2)nc1-c1cccc(Cl)c1)C(=O)O. The highest BCUT2D eigenvalue weighted by molar-refractivity contribution is 6.30. The van der Waals surface area contributed by atoms with Gasteiger partial charge in [0.2, 0.25) is 0 Å². The number of aliphatic carboxylic acids is 1. The van der Waals surface area contributed by atoms with Crippen LogP contribution in [0.5, 0.6) is 0 Å². The minimum Gasteiger partial charge on any atom is -0.477 e. The largest absolute Gasteiger partial charge is 0.477 e. The van der Waals surface area contributed by atoms with Crippen LogP contribution < -0.4 is 0 Å². The predicted molar refractivity (Wildman–Crippen MR) is 105 cm³/mol. The molecule has 2 aromatic carbocycles. The average Bonchev–Trinajstić information content (AvgIpc) is 3.14. The van der Waals surface area contributed by atoms with E-state index in [0.717, 1.165) is 17.0 Å². The predicted octanol–water partition coefficient (Wildman–Crippen LogP) is 6.22. The number of hydrogen-bond donors (Lipinski definition) is 1. The molecule has 1 heterocycles. The molecule has 33 heavy (non-hydrogen) atoms. The van der Waals surface area contributed by atoms with E-state index < -0.39 is 40.7 Å². The van der Waals surface area contributed by atoms with Gasteiger partial charge in [-0.2, -0.15) is 36.7 Å². The van der Waals surface area contributed by atoms with E-state index in [0.29, 0.717) is 12.1 Å². The van der Waals surface area contributed by atoms with Gasteiger partial charge in [0.05, 0.1) is 16.8 Å². The Labute approximate surface area is 186 Å². The number of carbonyl (C=O) groups is 1. The van der Waals surface area contributed by atoms with Gasteiger partial charge >= 0.3 is 18.3 Å². The maximum absolute atomic E-state index is 13.2. The van der Waals surface area contributed by atoms with Crippen molar-refractivity contribution >= 4 is 23.6 Å². The molecule has 0 saturated carbocycles. The van der Waals surface area contributed by atoms with Crippen LogP contribution in [0.25, 0.3) is 23.0 Å². The molecule has 0 unspecified atom stereocenters. The highest BCUT2D eigenvalue weighted by atomic mass is 35.5. The molecule has 0 radical (unpaired) electrons. The third-order valence-electron chi connectivity index (χ3n) is 4.33. The van der Waals surface area contributed by atoms with Crippen LogP contribution in [0.2, 0.25) is 5.02 Å². The van der Waals surface area contributed by atoms with Crippen LogP contribution in [0.3, 0.4) is 0 Å². The third kappa shape index (κ3) is 5.35. The molecule has 1 aromatic heterocycles. The smallest absolute Gasteiger partial charge is 0.416 e. The zero-order chi connectivity index (χ0) is 24.6. The minimum absolute atomic E-state index is 0.0162. The number of nitriles is 1. The summed E-state index contributed by atoms with van der Waals surface area (Å²) in [6.45, 7) is 0. The van der Waals surface area contributed by atoms with Gasteiger partial charge in [0.15, 0.2) is 0 Å². The van der Waals surface area contributed by atoms with E-state index in [1.807, 2.05) is 0 Å². The summed E-state index contributed by atoms with van der Waals surface area (Å²) in [6, 6.07) is 8.30. The lowest BCUT2D eigenvalue weighted by atomic mass is 10.1. The second-order valence-electron chi connectivity index (χ2n) is 6.63. The maximum atomic E-state index is 13.2. The Morgan fingerprint density at radius 2 is 1.67 bits per heavy atom. The van der Waals surface area contributed by atoms with Crippen molar-refractivity contribution in [3.63, 3.8) is 0 Å². The molecule has 5 nitrogen and oxygen atoms in total. The highest BCUT2D eigenvalue weighted by Gasteiger charge is 2.37. The van der Waals surface area contributed by atoms with Gasteiger partial charge in [-0.25, -0.2) is 9.48 Å². The van der Waals surface area contributed by atoms with Gasteiger partial charge in [0.25, 0.3) is 0 Å². The van der Waals surface area contributed by atoms with Gasteiger partial charge in [-0.15, -0.1) is 0 Å². The molecule has 0 aliphatic rings.